The molecule has 0 radical (unpaired) electrons. The molecular weight excluding hydrogens is 352 g/mol. The topological polar surface area (TPSA) is 44.6 Å². The minimum absolute atomic E-state index is 0.143. The molecule has 5 heteroatoms. The summed E-state index contributed by atoms with van der Waals surface area (Å²) in [6.07, 6.45) is 1.58. The first-order chi connectivity index (χ1) is 9.93. The van der Waals surface area contributed by atoms with Gasteiger partial charge in [-0.2, -0.15) is 5.10 Å². The minimum atomic E-state index is 0.143. The average Bonchev–Trinajstić information content (AvgIpc) is 2.48. The van der Waals surface area contributed by atoms with E-state index in [9.17, 15) is 5.11 Å². The number of rotatable bonds is 3. The molecular formula is C16H16BrClN2O. The Balaban J connectivity index is 2.32. The second-order valence-electron chi connectivity index (χ2n) is 4.83. The second kappa shape index (κ2) is 6.50. The van der Waals surface area contributed by atoms with Gasteiger partial charge in [-0.1, -0.05) is 29.8 Å². The van der Waals surface area contributed by atoms with Crippen molar-refractivity contribution in [3.05, 3.63) is 56.0 Å². The highest BCUT2D eigenvalue weighted by atomic mass is 79.9. The average molecular weight is 368 g/mol. The van der Waals surface area contributed by atoms with E-state index in [1.54, 1.807) is 6.21 Å². The van der Waals surface area contributed by atoms with Crippen molar-refractivity contribution in [2.24, 2.45) is 5.10 Å². The van der Waals surface area contributed by atoms with E-state index in [1.165, 1.54) is 0 Å². The Morgan fingerprint density at radius 1 is 1.19 bits per heavy atom. The number of halogens is 2. The van der Waals surface area contributed by atoms with Gasteiger partial charge in [-0.3, -0.25) is 5.43 Å². The molecule has 0 saturated carbocycles. The molecule has 0 spiro atoms. The van der Waals surface area contributed by atoms with Gasteiger partial charge in [0.2, 0.25) is 0 Å². The van der Waals surface area contributed by atoms with Gasteiger partial charge in [0, 0.05) is 10.6 Å². The lowest BCUT2D eigenvalue weighted by Crippen LogP contribution is -1.97. The number of benzene rings is 2. The van der Waals surface area contributed by atoms with E-state index in [2.05, 4.69) is 26.5 Å². The molecule has 0 atom stereocenters. The van der Waals surface area contributed by atoms with Crippen molar-refractivity contribution in [3.63, 3.8) is 0 Å². The number of nitrogens with one attached hydrogen (secondary N) is 1. The van der Waals surface area contributed by atoms with E-state index in [0.29, 0.717) is 15.1 Å². The number of aryl methyl sites for hydroxylation is 1. The first-order valence-corrected chi connectivity index (χ1v) is 7.62. The van der Waals surface area contributed by atoms with Gasteiger partial charge in [0.15, 0.2) is 0 Å². The summed E-state index contributed by atoms with van der Waals surface area (Å²) in [6, 6.07) is 7.85. The van der Waals surface area contributed by atoms with E-state index in [-0.39, 0.29) is 5.75 Å². The Kier molecular flexibility index (Phi) is 4.91. The number of anilines is 1. The van der Waals surface area contributed by atoms with Crippen molar-refractivity contribution >= 4 is 39.4 Å². The van der Waals surface area contributed by atoms with Crippen molar-refractivity contribution in [2.75, 3.05) is 5.43 Å². The van der Waals surface area contributed by atoms with Crippen LogP contribution in [0.4, 0.5) is 5.69 Å². The molecule has 0 fully saturated rings. The molecule has 0 aliphatic rings. The van der Waals surface area contributed by atoms with Gasteiger partial charge >= 0.3 is 0 Å². The van der Waals surface area contributed by atoms with E-state index in [1.807, 2.05) is 45.0 Å². The summed E-state index contributed by atoms with van der Waals surface area (Å²) < 4.78 is 0.593. The third-order valence-electron chi connectivity index (χ3n) is 3.38. The van der Waals surface area contributed by atoms with Crippen LogP contribution in [0.25, 0.3) is 0 Å². The lowest BCUT2D eigenvalue weighted by atomic mass is 10.1. The largest absolute Gasteiger partial charge is 0.506 e. The Hall–Kier alpha value is -1.52. The Bertz CT molecular complexity index is 685. The summed E-state index contributed by atoms with van der Waals surface area (Å²) >= 11 is 9.60. The van der Waals surface area contributed by atoms with Crippen LogP contribution in [0, 0.1) is 20.8 Å². The van der Waals surface area contributed by atoms with Crippen LogP contribution in [0.2, 0.25) is 5.02 Å². The number of hydrogen-bond acceptors (Lipinski definition) is 3. The van der Waals surface area contributed by atoms with Gasteiger partial charge < -0.3 is 5.11 Å². The van der Waals surface area contributed by atoms with Gasteiger partial charge in [0.25, 0.3) is 0 Å². The lowest BCUT2D eigenvalue weighted by molar-refractivity contribution is 0.470. The maximum Gasteiger partial charge on any atom is 0.139 e. The molecule has 21 heavy (non-hydrogen) atoms. The number of hydrogen-bond donors (Lipinski definition) is 2. The fourth-order valence-corrected chi connectivity index (χ4v) is 2.71. The molecule has 3 nitrogen and oxygen atoms in total. The van der Waals surface area contributed by atoms with E-state index >= 15 is 0 Å². The molecule has 0 bridgehead atoms. The van der Waals surface area contributed by atoms with E-state index in [0.717, 1.165) is 22.4 Å². The molecule has 0 heterocycles. The van der Waals surface area contributed by atoms with E-state index < -0.39 is 0 Å². The highest BCUT2D eigenvalue weighted by Crippen LogP contribution is 2.38. The third kappa shape index (κ3) is 3.22. The summed E-state index contributed by atoms with van der Waals surface area (Å²) in [4.78, 5) is 0. The monoisotopic (exact) mass is 366 g/mol. The minimum Gasteiger partial charge on any atom is -0.506 e. The fourth-order valence-electron chi connectivity index (χ4n) is 1.99. The van der Waals surface area contributed by atoms with Crippen molar-refractivity contribution in [1.82, 2.24) is 0 Å². The molecule has 2 aromatic carbocycles. The zero-order valence-corrected chi connectivity index (χ0v) is 14.4. The smallest absolute Gasteiger partial charge is 0.139 e. The van der Waals surface area contributed by atoms with Crippen LogP contribution in [0.5, 0.6) is 5.75 Å². The molecule has 2 aromatic rings. The predicted octanol–water partition coefficient (Wildman–Crippen LogP) is 5.18. The highest BCUT2D eigenvalue weighted by molar-refractivity contribution is 9.10. The maximum atomic E-state index is 10.2. The van der Waals surface area contributed by atoms with Crippen LogP contribution < -0.4 is 5.43 Å². The molecule has 0 amide bonds. The van der Waals surface area contributed by atoms with E-state index in [4.69, 9.17) is 11.6 Å². The number of para-hydroxylation sites is 1. The Morgan fingerprint density at radius 2 is 1.86 bits per heavy atom. The molecule has 2 rings (SSSR count). The van der Waals surface area contributed by atoms with Crippen LogP contribution in [-0.4, -0.2) is 11.3 Å². The summed E-state index contributed by atoms with van der Waals surface area (Å²) in [6.45, 7) is 5.71. The van der Waals surface area contributed by atoms with Crippen LogP contribution in [0.3, 0.4) is 0 Å². The van der Waals surface area contributed by atoms with Gasteiger partial charge in [0.05, 0.1) is 16.4 Å². The molecule has 0 saturated heterocycles. The molecule has 0 aliphatic carbocycles. The predicted molar refractivity (Wildman–Crippen MR) is 92.7 cm³/mol. The number of aromatic hydroxyl groups is 1. The SMILES string of the molecule is Cc1ccccc1N/N=C\c1c(C)c(Cl)c(C)c(Br)c1O. The number of hydrazone groups is 1. The van der Waals surface area contributed by atoms with Crippen LogP contribution >= 0.6 is 27.5 Å². The standard InChI is InChI=1S/C16H16BrClN2O/c1-9-6-4-5-7-13(9)20-19-8-12-10(2)15(18)11(3)14(17)16(12)21/h4-8,20-21H,1-3H3/b19-8-. The summed E-state index contributed by atoms with van der Waals surface area (Å²) in [5, 5.41) is 15.0. The maximum absolute atomic E-state index is 10.2. The van der Waals surface area contributed by atoms with Crippen molar-refractivity contribution in [1.29, 1.82) is 0 Å². The fraction of sp³-hybridized carbons (Fsp3) is 0.188. The van der Waals surface area contributed by atoms with Gasteiger partial charge in [-0.15, -0.1) is 0 Å². The normalized spacial score (nSPS) is 11.1. The summed E-state index contributed by atoms with van der Waals surface area (Å²) in [7, 11) is 0. The Morgan fingerprint density at radius 3 is 2.52 bits per heavy atom. The molecule has 110 valence electrons. The molecule has 0 aromatic heterocycles. The second-order valence-corrected chi connectivity index (χ2v) is 6.00. The third-order valence-corrected chi connectivity index (χ3v) is 4.92. The zero-order valence-electron chi connectivity index (χ0n) is 12.0. The molecule has 0 unspecified atom stereocenters. The summed E-state index contributed by atoms with van der Waals surface area (Å²) in [5.74, 6) is 0.143. The number of phenolic OH excluding ortho intramolecular Hbond substituents is 1. The lowest BCUT2D eigenvalue weighted by Gasteiger charge is -2.12. The van der Waals surface area contributed by atoms with Crippen molar-refractivity contribution < 1.29 is 5.11 Å². The van der Waals surface area contributed by atoms with Gasteiger partial charge in [-0.25, -0.2) is 0 Å². The van der Waals surface area contributed by atoms with Crippen LogP contribution in [0.1, 0.15) is 22.3 Å². The Labute approximate surface area is 137 Å². The van der Waals surface area contributed by atoms with Crippen LogP contribution in [-0.2, 0) is 0 Å². The van der Waals surface area contributed by atoms with Crippen molar-refractivity contribution in [2.45, 2.75) is 20.8 Å². The molecule has 2 N–H and O–H groups in total. The van der Waals surface area contributed by atoms with Gasteiger partial charge in [0.1, 0.15) is 5.75 Å². The first-order valence-electron chi connectivity index (χ1n) is 6.45. The van der Waals surface area contributed by atoms with Crippen molar-refractivity contribution in [3.8, 4) is 5.75 Å². The zero-order chi connectivity index (χ0) is 15.6. The molecule has 0 aliphatic heterocycles. The quantitative estimate of drug-likeness (QED) is 0.580. The summed E-state index contributed by atoms with van der Waals surface area (Å²) in [5.41, 5.74) is 7.19. The highest BCUT2D eigenvalue weighted by Gasteiger charge is 2.15. The number of nitrogens with zero attached hydrogens (tertiary/aromatic N) is 1. The van der Waals surface area contributed by atoms with Gasteiger partial charge in [-0.05, 0) is 59.5 Å². The first kappa shape index (κ1) is 15.9. The van der Waals surface area contributed by atoms with Crippen LogP contribution in [0.15, 0.2) is 33.8 Å². The number of phenols is 1.